The lowest BCUT2D eigenvalue weighted by molar-refractivity contribution is 0.182. The summed E-state index contributed by atoms with van der Waals surface area (Å²) < 4.78 is 2.06. The Bertz CT molecular complexity index is 550. The van der Waals surface area contributed by atoms with Crippen LogP contribution in [-0.2, 0) is 6.42 Å². The van der Waals surface area contributed by atoms with Gasteiger partial charge in [0.2, 0.25) is 0 Å². The standard InChI is InChI=1S/C15H23N5/c1-19-10-4-2-6-13(19)12-16-9-8-15-18-17-14-7-3-5-11-20(14)15/h3,5,7,11,13,16H,2,4,6,8-10,12H2,1H3. The van der Waals surface area contributed by atoms with Gasteiger partial charge in [-0.15, -0.1) is 10.2 Å². The molecule has 0 aliphatic carbocycles. The van der Waals surface area contributed by atoms with Crippen LogP contribution in [0.5, 0.6) is 0 Å². The molecule has 2 aromatic rings. The molecule has 1 aliphatic rings. The summed E-state index contributed by atoms with van der Waals surface area (Å²) in [6, 6.07) is 6.69. The first-order chi connectivity index (χ1) is 9.84. The van der Waals surface area contributed by atoms with E-state index in [9.17, 15) is 0 Å². The van der Waals surface area contributed by atoms with E-state index in [1.165, 1.54) is 25.8 Å². The van der Waals surface area contributed by atoms with E-state index in [1.54, 1.807) is 0 Å². The van der Waals surface area contributed by atoms with Crippen molar-refractivity contribution in [1.29, 1.82) is 0 Å². The molecule has 0 aromatic carbocycles. The molecule has 1 fully saturated rings. The van der Waals surface area contributed by atoms with Crippen LogP contribution in [0.3, 0.4) is 0 Å². The molecule has 1 N–H and O–H groups in total. The molecule has 0 bridgehead atoms. The Morgan fingerprint density at radius 3 is 3.15 bits per heavy atom. The zero-order chi connectivity index (χ0) is 13.8. The van der Waals surface area contributed by atoms with Crippen molar-refractivity contribution >= 4 is 5.65 Å². The van der Waals surface area contributed by atoms with Gasteiger partial charge in [0.25, 0.3) is 0 Å². The summed E-state index contributed by atoms with van der Waals surface area (Å²) in [5.41, 5.74) is 0.925. The molecule has 2 aromatic heterocycles. The zero-order valence-corrected chi connectivity index (χ0v) is 12.1. The molecular weight excluding hydrogens is 250 g/mol. The number of fused-ring (bicyclic) bond motifs is 1. The van der Waals surface area contributed by atoms with Gasteiger partial charge in [-0.3, -0.25) is 4.40 Å². The molecule has 108 valence electrons. The number of aromatic nitrogens is 3. The minimum absolute atomic E-state index is 0.693. The molecule has 1 aliphatic heterocycles. The number of rotatable bonds is 5. The third-order valence-electron chi connectivity index (χ3n) is 4.21. The first kappa shape index (κ1) is 13.5. The van der Waals surface area contributed by atoms with E-state index in [1.807, 2.05) is 24.4 Å². The van der Waals surface area contributed by atoms with Crippen LogP contribution in [-0.4, -0.2) is 52.2 Å². The fourth-order valence-electron chi connectivity index (χ4n) is 2.93. The van der Waals surface area contributed by atoms with E-state index in [0.717, 1.165) is 31.0 Å². The number of likely N-dealkylation sites (tertiary alicyclic amines) is 1. The predicted molar refractivity (Wildman–Crippen MR) is 79.8 cm³/mol. The van der Waals surface area contributed by atoms with Gasteiger partial charge in [0.05, 0.1) is 0 Å². The van der Waals surface area contributed by atoms with Crippen molar-refractivity contribution in [1.82, 2.24) is 24.8 Å². The number of hydrogen-bond donors (Lipinski definition) is 1. The van der Waals surface area contributed by atoms with E-state index in [4.69, 9.17) is 0 Å². The molecule has 1 unspecified atom stereocenters. The van der Waals surface area contributed by atoms with Crippen molar-refractivity contribution in [3.05, 3.63) is 30.2 Å². The summed E-state index contributed by atoms with van der Waals surface area (Å²) in [7, 11) is 2.23. The van der Waals surface area contributed by atoms with Crippen LogP contribution in [0.1, 0.15) is 25.1 Å². The molecule has 20 heavy (non-hydrogen) atoms. The van der Waals surface area contributed by atoms with Gasteiger partial charge < -0.3 is 10.2 Å². The highest BCUT2D eigenvalue weighted by molar-refractivity contribution is 5.36. The highest BCUT2D eigenvalue weighted by atomic mass is 15.2. The highest BCUT2D eigenvalue weighted by Crippen LogP contribution is 2.13. The first-order valence-corrected chi connectivity index (χ1v) is 7.54. The van der Waals surface area contributed by atoms with Crippen molar-refractivity contribution in [3.63, 3.8) is 0 Å². The number of nitrogens with one attached hydrogen (secondary N) is 1. The lowest BCUT2D eigenvalue weighted by atomic mass is 10.0. The lowest BCUT2D eigenvalue weighted by Crippen LogP contribution is -2.43. The molecule has 5 heteroatoms. The number of pyridine rings is 1. The molecule has 5 nitrogen and oxygen atoms in total. The fraction of sp³-hybridized carbons (Fsp3) is 0.600. The Kier molecular flexibility index (Phi) is 4.28. The SMILES string of the molecule is CN1CCCCC1CNCCc1nnc2ccccn12. The van der Waals surface area contributed by atoms with Gasteiger partial charge in [-0.1, -0.05) is 12.5 Å². The summed E-state index contributed by atoms with van der Waals surface area (Å²) in [6.45, 7) is 3.27. The summed E-state index contributed by atoms with van der Waals surface area (Å²) in [6.07, 6.45) is 6.97. The summed E-state index contributed by atoms with van der Waals surface area (Å²) >= 11 is 0. The van der Waals surface area contributed by atoms with Crippen LogP contribution >= 0.6 is 0 Å². The number of nitrogens with zero attached hydrogens (tertiary/aromatic N) is 4. The minimum atomic E-state index is 0.693. The fourth-order valence-corrected chi connectivity index (χ4v) is 2.93. The second-order valence-electron chi connectivity index (χ2n) is 5.63. The van der Waals surface area contributed by atoms with Gasteiger partial charge in [-0.2, -0.15) is 0 Å². The Balaban J connectivity index is 1.48. The van der Waals surface area contributed by atoms with E-state index in [2.05, 4.69) is 31.9 Å². The summed E-state index contributed by atoms with van der Waals surface area (Å²) in [5, 5.41) is 12.0. The molecular formula is C15H23N5. The third kappa shape index (κ3) is 2.99. The average Bonchev–Trinajstić information content (AvgIpc) is 2.89. The monoisotopic (exact) mass is 273 g/mol. The average molecular weight is 273 g/mol. The van der Waals surface area contributed by atoms with Crippen molar-refractivity contribution in [2.45, 2.75) is 31.7 Å². The quantitative estimate of drug-likeness (QED) is 0.835. The maximum absolute atomic E-state index is 4.26. The predicted octanol–water partition coefficient (Wildman–Crippen LogP) is 1.35. The van der Waals surface area contributed by atoms with Gasteiger partial charge in [0.1, 0.15) is 5.82 Å². The van der Waals surface area contributed by atoms with Crippen LogP contribution < -0.4 is 5.32 Å². The zero-order valence-electron chi connectivity index (χ0n) is 12.1. The number of hydrogen-bond acceptors (Lipinski definition) is 4. The van der Waals surface area contributed by atoms with Crippen LogP contribution in [0.25, 0.3) is 5.65 Å². The van der Waals surface area contributed by atoms with Crippen LogP contribution in [0.15, 0.2) is 24.4 Å². The van der Waals surface area contributed by atoms with Crippen molar-refractivity contribution in [2.75, 3.05) is 26.7 Å². The van der Waals surface area contributed by atoms with Crippen molar-refractivity contribution in [3.8, 4) is 0 Å². The van der Waals surface area contributed by atoms with E-state index < -0.39 is 0 Å². The number of likely N-dealkylation sites (N-methyl/N-ethyl adjacent to an activating group) is 1. The van der Waals surface area contributed by atoms with Gasteiger partial charge >= 0.3 is 0 Å². The molecule has 0 amide bonds. The van der Waals surface area contributed by atoms with Crippen molar-refractivity contribution in [2.24, 2.45) is 0 Å². The Hall–Kier alpha value is -1.46. The lowest BCUT2D eigenvalue weighted by Gasteiger charge is -2.32. The second kappa shape index (κ2) is 6.33. The molecule has 3 heterocycles. The van der Waals surface area contributed by atoms with E-state index >= 15 is 0 Å². The smallest absolute Gasteiger partial charge is 0.160 e. The molecule has 0 radical (unpaired) electrons. The maximum atomic E-state index is 4.26. The van der Waals surface area contributed by atoms with Gasteiger partial charge in [-0.05, 0) is 38.6 Å². The third-order valence-corrected chi connectivity index (χ3v) is 4.21. The van der Waals surface area contributed by atoms with Gasteiger partial charge in [-0.25, -0.2) is 0 Å². The molecule has 0 saturated carbocycles. The first-order valence-electron chi connectivity index (χ1n) is 7.54. The van der Waals surface area contributed by atoms with Crippen LogP contribution in [0.4, 0.5) is 0 Å². The van der Waals surface area contributed by atoms with Gasteiger partial charge in [0.15, 0.2) is 5.65 Å². The van der Waals surface area contributed by atoms with E-state index in [-0.39, 0.29) is 0 Å². The number of piperidine rings is 1. The minimum Gasteiger partial charge on any atom is -0.315 e. The Morgan fingerprint density at radius 1 is 1.30 bits per heavy atom. The molecule has 1 atom stereocenters. The summed E-state index contributed by atoms with van der Waals surface area (Å²) in [4.78, 5) is 2.48. The van der Waals surface area contributed by atoms with E-state index in [0.29, 0.717) is 6.04 Å². The van der Waals surface area contributed by atoms with Gasteiger partial charge in [0, 0.05) is 31.7 Å². The maximum Gasteiger partial charge on any atom is 0.160 e. The van der Waals surface area contributed by atoms with Crippen LogP contribution in [0, 0.1) is 0 Å². The normalized spacial score (nSPS) is 20.6. The molecule has 0 spiro atoms. The molecule has 1 saturated heterocycles. The summed E-state index contributed by atoms with van der Waals surface area (Å²) in [5.74, 6) is 1.03. The largest absolute Gasteiger partial charge is 0.315 e. The Labute approximate surface area is 120 Å². The van der Waals surface area contributed by atoms with Crippen molar-refractivity contribution < 1.29 is 0 Å². The molecule has 3 rings (SSSR count). The highest BCUT2D eigenvalue weighted by Gasteiger charge is 2.17. The topological polar surface area (TPSA) is 45.5 Å². The van der Waals surface area contributed by atoms with Crippen LogP contribution in [0.2, 0.25) is 0 Å². The Morgan fingerprint density at radius 2 is 2.25 bits per heavy atom. The second-order valence-corrected chi connectivity index (χ2v) is 5.63.